The number of aromatic amines is 1. The molecular weight excluding hydrogens is 298 g/mol. The number of halogens is 1. The molecular formula is C13H12ClN3O2S. The van der Waals surface area contributed by atoms with Crippen LogP contribution in [0.3, 0.4) is 0 Å². The monoisotopic (exact) mass is 309 g/mol. The molecule has 1 atom stereocenters. The molecule has 5 nitrogen and oxygen atoms in total. The van der Waals surface area contributed by atoms with Crippen LogP contribution in [-0.4, -0.2) is 21.1 Å². The summed E-state index contributed by atoms with van der Waals surface area (Å²) >= 11 is 7.14. The summed E-state index contributed by atoms with van der Waals surface area (Å²) in [5, 5.41) is 3.19. The maximum Gasteiger partial charge on any atom is 0.251 e. The van der Waals surface area contributed by atoms with Crippen molar-refractivity contribution in [2.75, 3.05) is 5.32 Å². The topological polar surface area (TPSA) is 74.8 Å². The normalized spacial score (nSPS) is 11.9. The Balaban J connectivity index is 2.02. The van der Waals surface area contributed by atoms with Crippen LogP contribution in [-0.2, 0) is 4.79 Å². The molecule has 2 N–H and O–H groups in total. The maximum absolute atomic E-state index is 12.0. The highest BCUT2D eigenvalue weighted by Gasteiger charge is 2.16. The SMILES string of the molecule is C[C@@H](Sc1nccc(=O)[nH]1)C(=O)Nc1ccccc1Cl. The molecule has 0 unspecified atom stereocenters. The summed E-state index contributed by atoms with van der Waals surface area (Å²) in [6, 6.07) is 8.31. The van der Waals surface area contributed by atoms with Gasteiger partial charge in [0.25, 0.3) is 5.56 Å². The van der Waals surface area contributed by atoms with Crippen molar-refractivity contribution < 1.29 is 4.79 Å². The minimum Gasteiger partial charge on any atom is -0.324 e. The van der Waals surface area contributed by atoms with Gasteiger partial charge in [0.15, 0.2) is 5.16 Å². The third-order valence-electron chi connectivity index (χ3n) is 2.44. The van der Waals surface area contributed by atoms with Crippen molar-refractivity contribution in [3.63, 3.8) is 0 Å². The van der Waals surface area contributed by atoms with Gasteiger partial charge in [-0.1, -0.05) is 35.5 Å². The van der Waals surface area contributed by atoms with Crippen LogP contribution in [0.2, 0.25) is 5.02 Å². The Morgan fingerprint density at radius 1 is 1.40 bits per heavy atom. The molecule has 0 bridgehead atoms. The summed E-state index contributed by atoms with van der Waals surface area (Å²) in [4.78, 5) is 29.7. The standard InChI is InChI=1S/C13H12ClN3O2S/c1-8(20-13-15-7-6-11(18)17-13)12(19)16-10-5-3-2-4-9(10)14/h2-8H,1H3,(H,16,19)(H,15,17,18)/t8-/m1/s1. The second-order valence-electron chi connectivity index (χ2n) is 3.97. The maximum atomic E-state index is 12.0. The van der Waals surface area contributed by atoms with Crippen LogP contribution in [0.4, 0.5) is 5.69 Å². The van der Waals surface area contributed by atoms with E-state index in [1.165, 1.54) is 24.0 Å². The Morgan fingerprint density at radius 2 is 2.15 bits per heavy atom. The molecule has 0 saturated carbocycles. The van der Waals surface area contributed by atoms with Crippen molar-refractivity contribution in [1.82, 2.24) is 9.97 Å². The zero-order chi connectivity index (χ0) is 14.5. The van der Waals surface area contributed by atoms with Gasteiger partial charge in [-0.15, -0.1) is 0 Å². The third kappa shape index (κ3) is 3.85. The number of benzene rings is 1. The lowest BCUT2D eigenvalue weighted by atomic mass is 10.3. The first-order chi connectivity index (χ1) is 9.56. The number of hydrogen-bond acceptors (Lipinski definition) is 4. The molecule has 1 aromatic heterocycles. The average Bonchev–Trinajstić information content (AvgIpc) is 2.41. The van der Waals surface area contributed by atoms with Gasteiger partial charge in [-0.25, -0.2) is 4.98 Å². The number of H-pyrrole nitrogens is 1. The number of rotatable bonds is 4. The summed E-state index contributed by atoms with van der Waals surface area (Å²) in [5.41, 5.74) is 0.308. The number of carbonyl (C=O) groups excluding carboxylic acids is 1. The molecule has 20 heavy (non-hydrogen) atoms. The second kappa shape index (κ2) is 6.58. The van der Waals surface area contributed by atoms with Crippen LogP contribution in [0.5, 0.6) is 0 Å². The molecule has 1 aromatic carbocycles. The molecule has 0 aliphatic carbocycles. The van der Waals surface area contributed by atoms with Crippen molar-refractivity contribution in [3.05, 3.63) is 51.9 Å². The van der Waals surface area contributed by atoms with Gasteiger partial charge in [0.05, 0.1) is 16.0 Å². The predicted octanol–water partition coefficient (Wildman–Crippen LogP) is 2.54. The highest BCUT2D eigenvalue weighted by molar-refractivity contribution is 8.00. The number of anilines is 1. The summed E-state index contributed by atoms with van der Waals surface area (Å²) < 4.78 is 0. The first-order valence-corrected chi connectivity index (χ1v) is 7.09. The Morgan fingerprint density at radius 3 is 2.85 bits per heavy atom. The summed E-state index contributed by atoms with van der Waals surface area (Å²) in [6.07, 6.45) is 1.40. The van der Waals surface area contributed by atoms with Crippen LogP contribution in [0.15, 0.2) is 46.5 Å². The minimum absolute atomic E-state index is 0.213. The molecule has 0 spiro atoms. The van der Waals surface area contributed by atoms with Gasteiger partial charge in [-0.3, -0.25) is 9.59 Å². The van der Waals surface area contributed by atoms with E-state index in [4.69, 9.17) is 11.6 Å². The number of hydrogen-bond donors (Lipinski definition) is 2. The van der Waals surface area contributed by atoms with Crippen molar-refractivity contribution in [2.45, 2.75) is 17.3 Å². The molecule has 0 aliphatic heterocycles. The molecule has 1 amide bonds. The van der Waals surface area contributed by atoms with E-state index in [2.05, 4.69) is 15.3 Å². The number of carbonyl (C=O) groups is 1. The smallest absolute Gasteiger partial charge is 0.251 e. The Labute approximate surface area is 124 Å². The van der Waals surface area contributed by atoms with E-state index in [1.54, 1.807) is 31.2 Å². The largest absolute Gasteiger partial charge is 0.324 e. The fourth-order valence-corrected chi connectivity index (χ4v) is 2.39. The zero-order valence-electron chi connectivity index (χ0n) is 10.6. The molecule has 0 fully saturated rings. The van der Waals surface area contributed by atoms with Crippen molar-refractivity contribution in [1.29, 1.82) is 0 Å². The summed E-state index contributed by atoms with van der Waals surface area (Å²) in [7, 11) is 0. The van der Waals surface area contributed by atoms with E-state index in [-0.39, 0.29) is 11.5 Å². The van der Waals surface area contributed by atoms with Gasteiger partial charge in [0.2, 0.25) is 5.91 Å². The van der Waals surface area contributed by atoms with Crippen LogP contribution in [0.25, 0.3) is 0 Å². The fourth-order valence-electron chi connectivity index (χ4n) is 1.43. The van der Waals surface area contributed by atoms with Crippen molar-refractivity contribution >= 4 is 35.0 Å². The Kier molecular flexibility index (Phi) is 4.81. The number of aromatic nitrogens is 2. The van der Waals surface area contributed by atoms with Crippen LogP contribution >= 0.6 is 23.4 Å². The predicted molar refractivity (Wildman–Crippen MR) is 80.3 cm³/mol. The van der Waals surface area contributed by atoms with Crippen molar-refractivity contribution in [3.8, 4) is 0 Å². The fraction of sp³-hybridized carbons (Fsp3) is 0.154. The van der Waals surface area contributed by atoms with E-state index in [1.807, 2.05) is 0 Å². The number of amides is 1. The van der Waals surface area contributed by atoms with Gasteiger partial charge in [0, 0.05) is 12.3 Å². The third-order valence-corrected chi connectivity index (χ3v) is 3.77. The minimum atomic E-state index is -0.420. The molecule has 0 saturated heterocycles. The van der Waals surface area contributed by atoms with E-state index >= 15 is 0 Å². The highest BCUT2D eigenvalue weighted by Crippen LogP contribution is 2.23. The highest BCUT2D eigenvalue weighted by atomic mass is 35.5. The van der Waals surface area contributed by atoms with E-state index in [0.29, 0.717) is 15.9 Å². The lowest BCUT2D eigenvalue weighted by molar-refractivity contribution is -0.115. The zero-order valence-corrected chi connectivity index (χ0v) is 12.2. The molecule has 0 aliphatic rings. The van der Waals surface area contributed by atoms with Gasteiger partial charge in [-0.05, 0) is 19.1 Å². The Hall–Kier alpha value is -1.79. The van der Waals surface area contributed by atoms with Crippen LogP contribution < -0.4 is 10.9 Å². The number of para-hydroxylation sites is 1. The molecule has 104 valence electrons. The van der Waals surface area contributed by atoms with Crippen molar-refractivity contribution in [2.24, 2.45) is 0 Å². The molecule has 2 rings (SSSR count). The van der Waals surface area contributed by atoms with E-state index in [0.717, 1.165) is 0 Å². The number of thioether (sulfide) groups is 1. The lowest BCUT2D eigenvalue weighted by Crippen LogP contribution is -2.23. The lowest BCUT2D eigenvalue weighted by Gasteiger charge is -2.12. The van der Waals surface area contributed by atoms with Crippen LogP contribution in [0.1, 0.15) is 6.92 Å². The van der Waals surface area contributed by atoms with Gasteiger partial charge in [0.1, 0.15) is 0 Å². The van der Waals surface area contributed by atoms with E-state index in [9.17, 15) is 9.59 Å². The average molecular weight is 310 g/mol. The molecule has 7 heteroatoms. The van der Waals surface area contributed by atoms with Crippen LogP contribution in [0, 0.1) is 0 Å². The quantitative estimate of drug-likeness (QED) is 0.672. The Bertz CT molecular complexity index is 674. The van der Waals surface area contributed by atoms with Gasteiger partial charge < -0.3 is 10.3 Å². The van der Waals surface area contributed by atoms with Gasteiger partial charge in [-0.2, -0.15) is 0 Å². The van der Waals surface area contributed by atoms with E-state index < -0.39 is 5.25 Å². The summed E-state index contributed by atoms with van der Waals surface area (Å²) in [5.74, 6) is -0.213. The first-order valence-electron chi connectivity index (χ1n) is 5.83. The van der Waals surface area contributed by atoms with Gasteiger partial charge >= 0.3 is 0 Å². The summed E-state index contributed by atoms with van der Waals surface area (Å²) in [6.45, 7) is 1.73. The second-order valence-corrected chi connectivity index (χ2v) is 5.71. The number of nitrogens with one attached hydrogen (secondary N) is 2. The molecule has 1 heterocycles. The number of nitrogens with zero attached hydrogens (tertiary/aromatic N) is 1. The molecule has 2 aromatic rings. The first kappa shape index (κ1) is 14.6. The molecule has 0 radical (unpaired) electrons.